The fraction of sp³-hybridized carbons (Fsp3) is 0.474. The van der Waals surface area contributed by atoms with Gasteiger partial charge in [-0.15, -0.1) is 0 Å². The molecule has 1 N–H and O–H groups in total. The van der Waals surface area contributed by atoms with E-state index < -0.39 is 17.4 Å². The normalized spacial score (nSPS) is 19.0. The number of piperidine rings is 1. The molecule has 0 aliphatic carbocycles. The summed E-state index contributed by atoms with van der Waals surface area (Å²) >= 11 is 0. The topological polar surface area (TPSA) is 67.5 Å². The Labute approximate surface area is 155 Å². The van der Waals surface area contributed by atoms with Crippen molar-refractivity contribution in [2.24, 2.45) is 0 Å². The molecule has 6 nitrogen and oxygen atoms in total. The zero-order valence-corrected chi connectivity index (χ0v) is 15.1. The minimum atomic E-state index is -0.645. The Morgan fingerprint density at radius 1 is 1.19 bits per heavy atom. The van der Waals surface area contributed by atoms with Crippen LogP contribution >= 0.6 is 0 Å². The molecule has 0 radical (unpaired) electrons. The van der Waals surface area contributed by atoms with Gasteiger partial charge in [-0.2, -0.15) is 0 Å². The third-order valence-corrected chi connectivity index (χ3v) is 5.28. The Kier molecular flexibility index (Phi) is 4.69. The Morgan fingerprint density at radius 3 is 2.44 bits per heavy atom. The van der Waals surface area contributed by atoms with Crippen LogP contribution in [0, 0.1) is 18.6 Å². The molecule has 1 spiro atoms. The van der Waals surface area contributed by atoms with Gasteiger partial charge < -0.3 is 14.4 Å². The van der Waals surface area contributed by atoms with Crippen LogP contribution in [0.3, 0.4) is 0 Å². The van der Waals surface area contributed by atoms with E-state index in [4.69, 9.17) is 9.47 Å². The highest BCUT2D eigenvalue weighted by molar-refractivity contribution is 5.36. The fourth-order valence-electron chi connectivity index (χ4n) is 3.60. The van der Waals surface area contributed by atoms with Crippen LogP contribution in [0.1, 0.15) is 29.7 Å². The van der Waals surface area contributed by atoms with E-state index in [0.29, 0.717) is 56.4 Å². The number of nitrogens with one attached hydrogen (secondary N) is 1. The van der Waals surface area contributed by atoms with Crippen LogP contribution in [0.25, 0.3) is 0 Å². The van der Waals surface area contributed by atoms with Crippen LogP contribution in [0.15, 0.2) is 23.0 Å². The van der Waals surface area contributed by atoms with E-state index in [1.165, 1.54) is 18.2 Å². The highest BCUT2D eigenvalue weighted by atomic mass is 19.1. The van der Waals surface area contributed by atoms with E-state index in [1.54, 1.807) is 6.92 Å². The average Bonchev–Trinajstić information content (AvgIpc) is 3.10. The summed E-state index contributed by atoms with van der Waals surface area (Å²) in [4.78, 5) is 21.6. The number of halogens is 2. The van der Waals surface area contributed by atoms with Crippen LogP contribution in [-0.2, 0) is 15.9 Å². The first kappa shape index (κ1) is 18.1. The standard InChI is InChI=1S/C19H21F2N3O3/c1-12-16(11-13-14(20)3-2-4-15(13)21)22-18(23-17(12)25)24-7-5-19(6-8-24)26-9-10-27-19/h2-4H,5-11H2,1H3,(H,22,23,25). The molecule has 2 fully saturated rings. The second-order valence-electron chi connectivity index (χ2n) is 6.93. The SMILES string of the molecule is Cc1c(Cc2c(F)cccc2F)nc(N2CCC3(CC2)OCCO3)[nH]c1=O. The summed E-state index contributed by atoms with van der Waals surface area (Å²) in [5.74, 6) is -1.41. The van der Waals surface area contributed by atoms with Gasteiger partial charge in [0, 0.05) is 43.5 Å². The lowest BCUT2D eigenvalue weighted by atomic mass is 10.0. The van der Waals surface area contributed by atoms with Gasteiger partial charge in [0.1, 0.15) is 11.6 Å². The van der Waals surface area contributed by atoms with Crippen LogP contribution in [-0.4, -0.2) is 42.1 Å². The molecule has 8 heteroatoms. The van der Waals surface area contributed by atoms with Crippen molar-refractivity contribution in [3.8, 4) is 0 Å². The summed E-state index contributed by atoms with van der Waals surface area (Å²) in [6.07, 6.45) is 1.26. The van der Waals surface area contributed by atoms with Crippen LogP contribution in [0.2, 0.25) is 0 Å². The van der Waals surface area contributed by atoms with Gasteiger partial charge in [0.05, 0.1) is 18.9 Å². The number of ether oxygens (including phenoxy) is 2. The maximum atomic E-state index is 14.0. The fourth-order valence-corrected chi connectivity index (χ4v) is 3.60. The molecule has 1 aromatic carbocycles. The van der Waals surface area contributed by atoms with Crippen molar-refractivity contribution in [2.45, 2.75) is 32.0 Å². The van der Waals surface area contributed by atoms with Gasteiger partial charge in [-0.3, -0.25) is 9.78 Å². The minimum Gasteiger partial charge on any atom is -0.347 e. The molecule has 144 valence electrons. The third kappa shape index (κ3) is 3.46. The van der Waals surface area contributed by atoms with E-state index in [-0.39, 0.29) is 17.5 Å². The Bertz CT molecular complexity index is 879. The number of rotatable bonds is 3. The van der Waals surface area contributed by atoms with E-state index in [0.717, 1.165) is 0 Å². The average molecular weight is 377 g/mol. The molecular formula is C19H21F2N3O3. The van der Waals surface area contributed by atoms with Gasteiger partial charge >= 0.3 is 0 Å². The van der Waals surface area contributed by atoms with Crippen molar-refractivity contribution in [3.63, 3.8) is 0 Å². The molecule has 1 aromatic heterocycles. The van der Waals surface area contributed by atoms with Crippen molar-refractivity contribution >= 4 is 5.95 Å². The lowest BCUT2D eigenvalue weighted by Gasteiger charge is -2.37. The number of aromatic amines is 1. The molecule has 0 amide bonds. The van der Waals surface area contributed by atoms with E-state index >= 15 is 0 Å². The number of nitrogens with zero attached hydrogens (tertiary/aromatic N) is 2. The molecule has 0 saturated carbocycles. The van der Waals surface area contributed by atoms with Crippen LogP contribution in [0.4, 0.5) is 14.7 Å². The third-order valence-electron chi connectivity index (χ3n) is 5.28. The summed E-state index contributed by atoms with van der Waals surface area (Å²) in [7, 11) is 0. The number of hydrogen-bond acceptors (Lipinski definition) is 5. The summed E-state index contributed by atoms with van der Waals surface area (Å²) in [5.41, 5.74) is 0.333. The van der Waals surface area contributed by atoms with Crippen LogP contribution in [0.5, 0.6) is 0 Å². The van der Waals surface area contributed by atoms with Crippen molar-refractivity contribution in [2.75, 3.05) is 31.2 Å². The molecule has 3 heterocycles. The van der Waals surface area contributed by atoms with E-state index in [9.17, 15) is 13.6 Å². The van der Waals surface area contributed by atoms with Gasteiger partial charge in [0.25, 0.3) is 5.56 Å². The molecule has 27 heavy (non-hydrogen) atoms. The van der Waals surface area contributed by atoms with Crippen molar-refractivity contribution in [3.05, 3.63) is 57.0 Å². The van der Waals surface area contributed by atoms with Gasteiger partial charge in [-0.25, -0.2) is 13.8 Å². The highest BCUT2D eigenvalue weighted by Crippen LogP contribution is 2.32. The largest absolute Gasteiger partial charge is 0.347 e. The number of H-pyrrole nitrogens is 1. The first-order valence-electron chi connectivity index (χ1n) is 9.03. The lowest BCUT2D eigenvalue weighted by Crippen LogP contribution is -2.46. The predicted molar refractivity (Wildman–Crippen MR) is 94.8 cm³/mol. The molecule has 2 aliphatic rings. The van der Waals surface area contributed by atoms with Gasteiger partial charge in [0.2, 0.25) is 5.95 Å². The number of anilines is 1. The first-order valence-corrected chi connectivity index (χ1v) is 9.03. The Hall–Kier alpha value is -2.32. The van der Waals surface area contributed by atoms with Crippen molar-refractivity contribution in [1.29, 1.82) is 0 Å². The lowest BCUT2D eigenvalue weighted by molar-refractivity contribution is -0.169. The van der Waals surface area contributed by atoms with Gasteiger partial charge in [-0.05, 0) is 19.1 Å². The summed E-state index contributed by atoms with van der Waals surface area (Å²) in [6.45, 7) is 4.02. The van der Waals surface area contributed by atoms with Gasteiger partial charge in [0.15, 0.2) is 5.79 Å². The quantitative estimate of drug-likeness (QED) is 0.889. The molecule has 2 aliphatic heterocycles. The molecule has 0 unspecified atom stereocenters. The second-order valence-corrected chi connectivity index (χ2v) is 6.93. The molecule has 4 rings (SSSR count). The molecule has 2 saturated heterocycles. The molecule has 0 bridgehead atoms. The second kappa shape index (κ2) is 7.01. The van der Waals surface area contributed by atoms with Crippen molar-refractivity contribution in [1.82, 2.24) is 9.97 Å². The maximum absolute atomic E-state index is 14.0. The number of aromatic nitrogens is 2. The monoisotopic (exact) mass is 377 g/mol. The first-order chi connectivity index (χ1) is 13.0. The van der Waals surface area contributed by atoms with Crippen molar-refractivity contribution < 1.29 is 18.3 Å². The summed E-state index contributed by atoms with van der Waals surface area (Å²) < 4.78 is 39.4. The zero-order chi connectivity index (χ0) is 19.0. The smallest absolute Gasteiger partial charge is 0.255 e. The zero-order valence-electron chi connectivity index (χ0n) is 15.1. The van der Waals surface area contributed by atoms with Crippen LogP contribution < -0.4 is 10.5 Å². The predicted octanol–water partition coefficient (Wildman–Crippen LogP) is 2.29. The highest BCUT2D eigenvalue weighted by Gasteiger charge is 2.40. The minimum absolute atomic E-state index is 0.0781. The van der Waals surface area contributed by atoms with Gasteiger partial charge in [-0.1, -0.05) is 6.07 Å². The van der Waals surface area contributed by atoms with E-state index in [1.807, 2.05) is 4.90 Å². The molecule has 0 atom stereocenters. The number of hydrogen-bond donors (Lipinski definition) is 1. The van der Waals surface area contributed by atoms with E-state index in [2.05, 4.69) is 9.97 Å². The number of benzene rings is 1. The molecular weight excluding hydrogens is 356 g/mol. The molecule has 2 aromatic rings. The summed E-state index contributed by atoms with van der Waals surface area (Å²) in [6, 6.07) is 3.72. The summed E-state index contributed by atoms with van der Waals surface area (Å²) in [5, 5.41) is 0. The maximum Gasteiger partial charge on any atom is 0.255 e. The Balaban J connectivity index is 1.59. The Morgan fingerprint density at radius 2 is 1.81 bits per heavy atom.